The van der Waals surface area contributed by atoms with Gasteiger partial charge in [-0.1, -0.05) is 6.92 Å². The van der Waals surface area contributed by atoms with Crippen molar-refractivity contribution in [2.75, 3.05) is 50.1 Å². The minimum absolute atomic E-state index is 0.00716. The average Bonchev–Trinajstić information content (AvgIpc) is 3.14. The number of methoxy groups -OCH3 is 1. The van der Waals surface area contributed by atoms with E-state index in [-0.39, 0.29) is 18.3 Å². The Bertz CT molecular complexity index is 628. The Labute approximate surface area is 148 Å². The van der Waals surface area contributed by atoms with Crippen LogP contribution in [0.5, 0.6) is 0 Å². The molecule has 0 amide bonds. The number of likely N-dealkylation sites (tertiary alicyclic amines) is 1. The van der Waals surface area contributed by atoms with E-state index in [4.69, 9.17) is 4.74 Å². The molecule has 6 nitrogen and oxygen atoms in total. The highest BCUT2D eigenvalue weighted by Crippen LogP contribution is 2.41. The van der Waals surface area contributed by atoms with Gasteiger partial charge in [0.05, 0.1) is 11.4 Å². The van der Waals surface area contributed by atoms with E-state index in [1.54, 1.807) is 19.2 Å². The van der Waals surface area contributed by atoms with Crippen molar-refractivity contribution in [1.29, 1.82) is 0 Å². The summed E-state index contributed by atoms with van der Waals surface area (Å²) in [6, 6.07) is 3.75. The highest BCUT2D eigenvalue weighted by molar-refractivity contribution is 5.80. The van der Waals surface area contributed by atoms with Crippen molar-refractivity contribution in [2.24, 2.45) is 0 Å². The smallest absolute Gasteiger partial charge is 0.155 e. The van der Waals surface area contributed by atoms with E-state index in [2.05, 4.69) is 32.7 Å². The maximum atomic E-state index is 14.1. The van der Waals surface area contributed by atoms with E-state index in [0.29, 0.717) is 6.04 Å². The number of anilines is 2. The van der Waals surface area contributed by atoms with Crippen molar-refractivity contribution in [2.45, 2.75) is 38.3 Å². The summed E-state index contributed by atoms with van der Waals surface area (Å²) in [5.41, 5.74) is 2.76. The molecule has 3 unspecified atom stereocenters. The van der Waals surface area contributed by atoms with Gasteiger partial charge in [-0.3, -0.25) is 15.5 Å². The fourth-order valence-corrected chi connectivity index (χ4v) is 4.43. The van der Waals surface area contributed by atoms with E-state index in [1.165, 1.54) is 19.4 Å². The largest absolute Gasteiger partial charge is 0.362 e. The fourth-order valence-electron chi connectivity index (χ4n) is 4.43. The lowest BCUT2D eigenvalue weighted by Gasteiger charge is -2.30. The Kier molecular flexibility index (Phi) is 4.82. The van der Waals surface area contributed by atoms with Crippen molar-refractivity contribution < 1.29 is 9.13 Å². The van der Waals surface area contributed by atoms with E-state index >= 15 is 0 Å². The number of nitrogens with one attached hydrogen (secondary N) is 3. The molecular weight excluding hydrogens is 321 g/mol. The van der Waals surface area contributed by atoms with E-state index in [1.807, 2.05) is 0 Å². The van der Waals surface area contributed by atoms with Crippen LogP contribution in [0.3, 0.4) is 0 Å². The van der Waals surface area contributed by atoms with Crippen LogP contribution in [0.1, 0.15) is 31.6 Å². The zero-order valence-electron chi connectivity index (χ0n) is 15.0. The van der Waals surface area contributed by atoms with Crippen molar-refractivity contribution in [3.8, 4) is 0 Å². The number of halogens is 1. The summed E-state index contributed by atoms with van der Waals surface area (Å²) >= 11 is 0. The molecule has 0 radical (unpaired) electrons. The minimum atomic E-state index is -0.277. The van der Waals surface area contributed by atoms with Gasteiger partial charge in [0.15, 0.2) is 6.29 Å². The van der Waals surface area contributed by atoms with Crippen molar-refractivity contribution >= 4 is 11.4 Å². The van der Waals surface area contributed by atoms with Gasteiger partial charge in [0.1, 0.15) is 12.0 Å². The summed E-state index contributed by atoms with van der Waals surface area (Å²) < 4.78 is 19.6. The van der Waals surface area contributed by atoms with Crippen LogP contribution < -0.4 is 20.9 Å². The minimum Gasteiger partial charge on any atom is -0.362 e. The van der Waals surface area contributed by atoms with Gasteiger partial charge in [-0.15, -0.1) is 0 Å². The number of hydrogen-bond acceptors (Lipinski definition) is 6. The molecule has 7 heteroatoms. The van der Waals surface area contributed by atoms with Gasteiger partial charge in [-0.2, -0.15) is 0 Å². The number of ether oxygens (including phenoxy) is 1. The molecule has 25 heavy (non-hydrogen) atoms. The van der Waals surface area contributed by atoms with Gasteiger partial charge in [-0.05, 0) is 38.1 Å². The number of rotatable bonds is 5. The normalized spacial score (nSPS) is 28.8. The molecule has 3 aliphatic heterocycles. The Morgan fingerprint density at radius 2 is 2.24 bits per heavy atom. The molecule has 4 rings (SSSR count). The molecule has 1 aromatic carbocycles. The molecule has 0 spiro atoms. The monoisotopic (exact) mass is 349 g/mol. The van der Waals surface area contributed by atoms with Gasteiger partial charge in [0, 0.05) is 38.3 Å². The molecule has 0 bridgehead atoms. The predicted molar refractivity (Wildman–Crippen MR) is 97.2 cm³/mol. The molecule has 3 N–H and O–H groups in total. The second-order valence-electron chi connectivity index (χ2n) is 7.03. The Hall–Kier alpha value is -1.41. The molecule has 0 saturated carbocycles. The Morgan fingerprint density at radius 1 is 1.36 bits per heavy atom. The van der Waals surface area contributed by atoms with Crippen LogP contribution in [0.4, 0.5) is 15.8 Å². The molecule has 3 aliphatic rings. The topological polar surface area (TPSA) is 51.8 Å². The number of nitrogens with zero attached hydrogens (tertiary/aromatic N) is 2. The summed E-state index contributed by atoms with van der Waals surface area (Å²) in [5.74, 6) is -0.236. The molecular formula is C18H28FN5O. The third-order valence-electron chi connectivity index (χ3n) is 5.65. The standard InChI is InChI=1S/C18H28FN5O/c1-3-23-7-4-5-13(23)11-21-18-22-15-10-12(19)9-14-16(15)24(18)8-6-20-17(14)25-2/h9-10,13,17-18,20-22H,3-8,11H2,1-2H3. The van der Waals surface area contributed by atoms with Crippen LogP contribution in [-0.4, -0.2) is 57.1 Å². The van der Waals surface area contributed by atoms with E-state index in [9.17, 15) is 4.39 Å². The van der Waals surface area contributed by atoms with Crippen LogP contribution in [-0.2, 0) is 4.74 Å². The first kappa shape index (κ1) is 17.0. The van der Waals surface area contributed by atoms with E-state index in [0.717, 1.165) is 43.1 Å². The lowest BCUT2D eigenvalue weighted by Crippen LogP contribution is -2.52. The molecule has 1 saturated heterocycles. The van der Waals surface area contributed by atoms with Crippen molar-refractivity contribution in [3.63, 3.8) is 0 Å². The summed E-state index contributed by atoms with van der Waals surface area (Å²) in [6.45, 7) is 7.09. The number of hydrogen-bond donors (Lipinski definition) is 3. The van der Waals surface area contributed by atoms with Gasteiger partial charge >= 0.3 is 0 Å². The lowest BCUT2D eigenvalue weighted by molar-refractivity contribution is 0.0768. The maximum absolute atomic E-state index is 14.1. The zero-order chi connectivity index (χ0) is 17.4. The van der Waals surface area contributed by atoms with Crippen molar-refractivity contribution in [3.05, 3.63) is 23.5 Å². The first-order valence-electron chi connectivity index (χ1n) is 9.31. The SMILES string of the molecule is CCN1CCCC1CNC1Nc2cc(F)cc3c2N1CCNC3OC. The van der Waals surface area contributed by atoms with Gasteiger partial charge in [0.2, 0.25) is 0 Å². The van der Waals surface area contributed by atoms with Crippen LogP contribution in [0.2, 0.25) is 0 Å². The zero-order valence-corrected chi connectivity index (χ0v) is 15.0. The lowest BCUT2D eigenvalue weighted by atomic mass is 10.1. The predicted octanol–water partition coefficient (Wildman–Crippen LogP) is 1.66. The quantitative estimate of drug-likeness (QED) is 0.752. The summed E-state index contributed by atoms with van der Waals surface area (Å²) in [7, 11) is 1.65. The molecule has 3 atom stereocenters. The third kappa shape index (κ3) is 3.10. The van der Waals surface area contributed by atoms with Crippen LogP contribution in [0, 0.1) is 5.82 Å². The van der Waals surface area contributed by atoms with Crippen LogP contribution in [0.15, 0.2) is 12.1 Å². The molecule has 1 fully saturated rings. The fraction of sp³-hybridized carbons (Fsp3) is 0.667. The van der Waals surface area contributed by atoms with Gasteiger partial charge in [-0.25, -0.2) is 4.39 Å². The molecule has 1 aromatic rings. The Balaban J connectivity index is 1.54. The molecule has 0 aliphatic carbocycles. The number of likely N-dealkylation sites (N-methyl/N-ethyl adjacent to an activating group) is 1. The molecule has 0 aromatic heterocycles. The van der Waals surface area contributed by atoms with E-state index < -0.39 is 0 Å². The summed E-state index contributed by atoms with van der Waals surface area (Å²) in [6.07, 6.45) is 2.23. The van der Waals surface area contributed by atoms with Gasteiger partial charge < -0.3 is 15.0 Å². The first-order chi connectivity index (χ1) is 12.2. The third-order valence-corrected chi connectivity index (χ3v) is 5.65. The average molecular weight is 349 g/mol. The van der Waals surface area contributed by atoms with Crippen LogP contribution >= 0.6 is 0 Å². The highest BCUT2D eigenvalue weighted by Gasteiger charge is 2.36. The van der Waals surface area contributed by atoms with Crippen LogP contribution in [0.25, 0.3) is 0 Å². The maximum Gasteiger partial charge on any atom is 0.155 e. The highest BCUT2D eigenvalue weighted by atomic mass is 19.1. The second-order valence-corrected chi connectivity index (χ2v) is 7.03. The number of benzene rings is 1. The summed E-state index contributed by atoms with van der Waals surface area (Å²) in [4.78, 5) is 4.83. The van der Waals surface area contributed by atoms with Gasteiger partial charge in [0.25, 0.3) is 0 Å². The first-order valence-corrected chi connectivity index (χ1v) is 9.31. The molecule has 3 heterocycles. The van der Waals surface area contributed by atoms with Crippen molar-refractivity contribution in [1.82, 2.24) is 15.5 Å². The summed E-state index contributed by atoms with van der Waals surface area (Å²) in [5, 5.41) is 10.5. The Morgan fingerprint density at radius 3 is 3.04 bits per heavy atom. The second kappa shape index (κ2) is 7.07. The molecule has 138 valence electrons.